The molecule has 1 aromatic carbocycles. The monoisotopic (exact) mass is 413 g/mol. The number of fused-ring (bicyclic) bond motifs is 3. The summed E-state index contributed by atoms with van der Waals surface area (Å²) in [6, 6.07) is 8.06. The molecule has 0 bridgehead atoms. The second-order valence-electron chi connectivity index (χ2n) is 8.87. The summed E-state index contributed by atoms with van der Waals surface area (Å²) >= 11 is 1.70. The molecule has 0 saturated carbocycles. The molecule has 0 spiro atoms. The maximum Gasteiger partial charge on any atom is 0.407 e. The van der Waals surface area contributed by atoms with Crippen molar-refractivity contribution in [1.82, 2.24) is 14.9 Å². The van der Waals surface area contributed by atoms with Gasteiger partial charge < -0.3 is 20.2 Å². The van der Waals surface area contributed by atoms with Crippen LogP contribution in [0.3, 0.4) is 0 Å². The average Bonchev–Trinajstić information content (AvgIpc) is 3.22. The van der Waals surface area contributed by atoms with Crippen molar-refractivity contribution in [2.75, 3.05) is 30.9 Å². The van der Waals surface area contributed by atoms with E-state index < -0.39 is 6.09 Å². The standard InChI is InChI=1S/C21H27N5O2S/c1-21(2,3)17-13(10-11-26(17)20(27)28)22-19-23-15-12-8-6-7-9-14(12)29-16(15)18(24-19)25(4)5/h6-9,13,17H,10-11H2,1-5H3,(H,27,28)(H,22,23,24)/t13?,17-/m1/s1. The zero-order chi connectivity index (χ0) is 20.9. The molecule has 0 aliphatic carbocycles. The minimum Gasteiger partial charge on any atom is -0.465 e. The van der Waals surface area contributed by atoms with Crippen LogP contribution in [0.4, 0.5) is 16.6 Å². The summed E-state index contributed by atoms with van der Waals surface area (Å²) in [5, 5.41) is 14.2. The number of carbonyl (C=O) groups is 1. The van der Waals surface area contributed by atoms with Crippen LogP contribution in [-0.4, -0.2) is 58.8 Å². The van der Waals surface area contributed by atoms with E-state index in [0.29, 0.717) is 12.5 Å². The van der Waals surface area contributed by atoms with Crippen molar-refractivity contribution in [3.05, 3.63) is 24.3 Å². The lowest BCUT2D eigenvalue weighted by Crippen LogP contribution is -2.49. The van der Waals surface area contributed by atoms with Crippen LogP contribution in [0, 0.1) is 5.41 Å². The van der Waals surface area contributed by atoms with Crippen molar-refractivity contribution in [2.45, 2.75) is 39.3 Å². The molecular weight excluding hydrogens is 386 g/mol. The first-order valence-corrected chi connectivity index (χ1v) is 10.6. The van der Waals surface area contributed by atoms with Gasteiger partial charge in [-0.3, -0.25) is 0 Å². The highest BCUT2D eigenvalue weighted by atomic mass is 32.1. The van der Waals surface area contributed by atoms with Gasteiger partial charge in [0.05, 0.1) is 22.3 Å². The fraction of sp³-hybridized carbons (Fsp3) is 0.476. The van der Waals surface area contributed by atoms with Gasteiger partial charge in [-0.05, 0) is 17.9 Å². The predicted octanol–water partition coefficient (Wildman–Crippen LogP) is 4.49. The minimum atomic E-state index is -0.872. The highest BCUT2D eigenvalue weighted by Crippen LogP contribution is 2.39. The number of anilines is 2. The molecule has 3 aromatic rings. The van der Waals surface area contributed by atoms with Crippen molar-refractivity contribution >= 4 is 49.5 Å². The Kier molecular flexibility index (Phi) is 4.77. The first kappa shape index (κ1) is 19.7. The zero-order valence-electron chi connectivity index (χ0n) is 17.4. The van der Waals surface area contributed by atoms with Crippen molar-refractivity contribution in [2.24, 2.45) is 5.41 Å². The quantitative estimate of drug-likeness (QED) is 0.658. The normalized spacial score (nSPS) is 19.8. The molecule has 1 fully saturated rings. The number of benzene rings is 1. The van der Waals surface area contributed by atoms with Crippen molar-refractivity contribution < 1.29 is 9.90 Å². The lowest BCUT2D eigenvalue weighted by molar-refractivity contribution is 0.103. The fourth-order valence-electron chi connectivity index (χ4n) is 4.34. The van der Waals surface area contributed by atoms with Crippen LogP contribution >= 0.6 is 11.3 Å². The van der Waals surface area contributed by atoms with Crippen molar-refractivity contribution in [3.63, 3.8) is 0 Å². The summed E-state index contributed by atoms with van der Waals surface area (Å²) in [7, 11) is 3.96. The molecule has 1 aliphatic rings. The van der Waals surface area contributed by atoms with Crippen LogP contribution in [0.5, 0.6) is 0 Å². The Morgan fingerprint density at radius 1 is 1.28 bits per heavy atom. The maximum absolute atomic E-state index is 11.7. The summed E-state index contributed by atoms with van der Waals surface area (Å²) in [6.45, 7) is 6.75. The molecule has 4 rings (SSSR count). The molecule has 1 saturated heterocycles. The number of amides is 1. The number of nitrogens with one attached hydrogen (secondary N) is 1. The molecule has 2 aromatic heterocycles. The molecular formula is C21H27N5O2S. The van der Waals surface area contributed by atoms with E-state index in [1.807, 2.05) is 31.1 Å². The van der Waals surface area contributed by atoms with E-state index in [0.717, 1.165) is 27.8 Å². The Hall–Kier alpha value is -2.61. The number of nitrogens with zero attached hydrogens (tertiary/aromatic N) is 4. The summed E-state index contributed by atoms with van der Waals surface area (Å²) < 4.78 is 2.25. The number of hydrogen-bond acceptors (Lipinski definition) is 6. The van der Waals surface area contributed by atoms with Gasteiger partial charge in [-0.25, -0.2) is 9.78 Å². The summed E-state index contributed by atoms with van der Waals surface area (Å²) in [5.41, 5.74) is 0.739. The van der Waals surface area contributed by atoms with Crippen molar-refractivity contribution in [1.29, 1.82) is 0 Å². The number of carboxylic acid groups (broad SMARTS) is 1. The number of likely N-dealkylation sites (tertiary alicyclic amines) is 1. The number of hydrogen-bond donors (Lipinski definition) is 2. The summed E-state index contributed by atoms with van der Waals surface area (Å²) in [5.74, 6) is 1.43. The Morgan fingerprint density at radius 3 is 2.66 bits per heavy atom. The van der Waals surface area contributed by atoms with Gasteiger partial charge in [0.2, 0.25) is 5.95 Å². The van der Waals surface area contributed by atoms with Gasteiger partial charge in [0.25, 0.3) is 0 Å². The number of thiophene rings is 1. The van der Waals surface area contributed by atoms with E-state index in [1.165, 1.54) is 4.70 Å². The third-order valence-electron chi connectivity index (χ3n) is 5.47. The Balaban J connectivity index is 1.78. The molecule has 2 atom stereocenters. The zero-order valence-corrected chi connectivity index (χ0v) is 18.2. The van der Waals surface area contributed by atoms with E-state index in [4.69, 9.17) is 9.97 Å². The van der Waals surface area contributed by atoms with E-state index >= 15 is 0 Å². The Bertz CT molecular complexity index is 1070. The Morgan fingerprint density at radius 2 is 2.00 bits per heavy atom. The molecule has 2 N–H and O–H groups in total. The molecule has 29 heavy (non-hydrogen) atoms. The van der Waals surface area contributed by atoms with Crippen LogP contribution in [-0.2, 0) is 0 Å². The van der Waals surface area contributed by atoms with Crippen LogP contribution in [0.15, 0.2) is 24.3 Å². The van der Waals surface area contributed by atoms with Crippen LogP contribution in [0.2, 0.25) is 0 Å². The van der Waals surface area contributed by atoms with Crippen molar-refractivity contribution in [3.8, 4) is 0 Å². The molecule has 8 heteroatoms. The van der Waals surface area contributed by atoms with Gasteiger partial charge >= 0.3 is 6.09 Å². The summed E-state index contributed by atoms with van der Waals surface area (Å²) in [6.07, 6.45) is -0.138. The molecule has 7 nitrogen and oxygen atoms in total. The van der Waals surface area contributed by atoms with Gasteiger partial charge in [0.1, 0.15) is 0 Å². The van der Waals surface area contributed by atoms with Crippen LogP contribution in [0.1, 0.15) is 27.2 Å². The van der Waals surface area contributed by atoms with Gasteiger partial charge in [-0.15, -0.1) is 11.3 Å². The minimum absolute atomic E-state index is 0.0385. The van der Waals surface area contributed by atoms with Gasteiger partial charge in [0.15, 0.2) is 5.82 Å². The fourth-order valence-corrected chi connectivity index (χ4v) is 5.55. The number of rotatable bonds is 3. The SMILES string of the molecule is CN(C)c1nc(NC2CCN(C(=O)O)[C@H]2C(C)(C)C)nc2c1sc1ccccc12. The highest BCUT2D eigenvalue weighted by molar-refractivity contribution is 7.26. The predicted molar refractivity (Wildman–Crippen MR) is 119 cm³/mol. The molecule has 0 radical (unpaired) electrons. The topological polar surface area (TPSA) is 81.6 Å². The van der Waals surface area contributed by atoms with E-state index in [2.05, 4.69) is 38.2 Å². The Labute approximate surface area is 174 Å². The molecule has 1 amide bonds. The molecule has 1 aliphatic heterocycles. The molecule has 1 unspecified atom stereocenters. The van der Waals surface area contributed by atoms with E-state index in [1.54, 1.807) is 16.2 Å². The second kappa shape index (κ2) is 7.02. The number of aromatic nitrogens is 2. The highest BCUT2D eigenvalue weighted by Gasteiger charge is 2.44. The smallest absolute Gasteiger partial charge is 0.407 e. The lowest BCUT2D eigenvalue weighted by atomic mass is 9.83. The van der Waals surface area contributed by atoms with E-state index in [9.17, 15) is 9.90 Å². The van der Waals surface area contributed by atoms with Gasteiger partial charge in [-0.1, -0.05) is 39.0 Å². The average molecular weight is 414 g/mol. The third-order valence-corrected chi connectivity index (χ3v) is 6.63. The first-order chi connectivity index (χ1) is 13.7. The third kappa shape index (κ3) is 3.46. The van der Waals surface area contributed by atoms with E-state index in [-0.39, 0.29) is 17.5 Å². The van der Waals surface area contributed by atoms with Crippen LogP contribution < -0.4 is 10.2 Å². The summed E-state index contributed by atoms with van der Waals surface area (Å²) in [4.78, 5) is 24.9. The largest absolute Gasteiger partial charge is 0.465 e. The first-order valence-electron chi connectivity index (χ1n) is 9.79. The molecule has 3 heterocycles. The lowest BCUT2D eigenvalue weighted by Gasteiger charge is -2.37. The molecule has 154 valence electrons. The van der Waals surface area contributed by atoms with Gasteiger partial charge in [0, 0.05) is 30.7 Å². The van der Waals surface area contributed by atoms with Crippen LogP contribution in [0.25, 0.3) is 20.3 Å². The maximum atomic E-state index is 11.7. The second-order valence-corrected chi connectivity index (χ2v) is 9.92. The van der Waals surface area contributed by atoms with Gasteiger partial charge in [-0.2, -0.15) is 4.98 Å².